The van der Waals surface area contributed by atoms with Crippen LogP contribution in [0, 0.1) is 28.6 Å². The Labute approximate surface area is 144 Å². The first-order chi connectivity index (χ1) is 10.8. The van der Waals surface area contributed by atoms with Crippen LogP contribution in [0.4, 0.5) is 0 Å². The number of ether oxygens (including phenoxy) is 1. The molecule has 2 bridgehead atoms. The second-order valence-electron chi connectivity index (χ2n) is 8.43. The van der Waals surface area contributed by atoms with Gasteiger partial charge in [-0.15, -0.1) is 0 Å². The number of hydrogen-bond donors (Lipinski definition) is 1. The van der Waals surface area contributed by atoms with Crippen molar-refractivity contribution < 1.29 is 14.6 Å². The molecule has 0 aliphatic heterocycles. The lowest BCUT2D eigenvalue weighted by Gasteiger charge is -2.60. The van der Waals surface area contributed by atoms with Crippen LogP contribution < -0.4 is 0 Å². The molecule has 3 unspecified atom stereocenters. The summed E-state index contributed by atoms with van der Waals surface area (Å²) >= 11 is 1.62. The van der Waals surface area contributed by atoms with E-state index < -0.39 is 6.10 Å². The van der Waals surface area contributed by atoms with Gasteiger partial charge in [-0.25, -0.2) is 0 Å². The standard InChI is InChI=1S/C19H32O3S/c1-11-6-8-19-9-7-13(22-4)17(19)18(11,3)15(20)10-14(23-5)16(21)12(19)2/h11-15,17,20H,6-10H2,1-5H3/t11-,12+,13-,14?,15-,17?,18+,19?/m1/s1. The van der Waals surface area contributed by atoms with Crippen LogP contribution in [0.2, 0.25) is 0 Å². The highest BCUT2D eigenvalue weighted by Crippen LogP contribution is 2.67. The topological polar surface area (TPSA) is 46.5 Å². The van der Waals surface area contributed by atoms with Gasteiger partial charge < -0.3 is 9.84 Å². The van der Waals surface area contributed by atoms with Crippen molar-refractivity contribution in [2.24, 2.45) is 28.6 Å². The van der Waals surface area contributed by atoms with Gasteiger partial charge in [0.2, 0.25) is 0 Å². The summed E-state index contributed by atoms with van der Waals surface area (Å²) in [7, 11) is 1.80. The molecule has 1 N–H and O–H groups in total. The molecule has 3 aliphatic carbocycles. The fourth-order valence-corrected chi connectivity index (χ4v) is 7.16. The maximum Gasteiger partial charge on any atom is 0.149 e. The number of ketones is 1. The zero-order valence-corrected chi connectivity index (χ0v) is 16.0. The van der Waals surface area contributed by atoms with E-state index in [1.54, 1.807) is 18.9 Å². The van der Waals surface area contributed by atoms with Crippen LogP contribution in [0.5, 0.6) is 0 Å². The van der Waals surface area contributed by atoms with Crippen molar-refractivity contribution in [3.8, 4) is 0 Å². The lowest BCUT2D eigenvalue weighted by Crippen LogP contribution is -2.61. The average molecular weight is 341 g/mol. The Morgan fingerprint density at radius 2 is 1.91 bits per heavy atom. The Morgan fingerprint density at radius 3 is 2.52 bits per heavy atom. The molecule has 3 rings (SSSR count). The van der Waals surface area contributed by atoms with Gasteiger partial charge in [-0.1, -0.05) is 20.8 Å². The molecule has 0 aromatic carbocycles. The van der Waals surface area contributed by atoms with Crippen LogP contribution in [0.3, 0.4) is 0 Å². The second-order valence-corrected chi connectivity index (χ2v) is 9.47. The van der Waals surface area contributed by atoms with Crippen molar-refractivity contribution in [2.45, 2.75) is 70.3 Å². The van der Waals surface area contributed by atoms with Crippen molar-refractivity contribution in [3.05, 3.63) is 0 Å². The SMILES string of the molecule is CO[C@@H]1CCC23CC[C@@H](C)[C@](C)(C12)[C@H](O)CC(SC)C(=O)[C@@H]3C. The van der Waals surface area contributed by atoms with Gasteiger partial charge in [-0.2, -0.15) is 11.8 Å². The first kappa shape index (κ1) is 17.8. The van der Waals surface area contributed by atoms with Gasteiger partial charge in [-0.3, -0.25) is 4.79 Å². The van der Waals surface area contributed by atoms with E-state index in [1.807, 2.05) is 6.26 Å². The van der Waals surface area contributed by atoms with E-state index in [2.05, 4.69) is 20.8 Å². The lowest BCUT2D eigenvalue weighted by atomic mass is 9.46. The number of aliphatic hydroxyl groups is 1. The van der Waals surface area contributed by atoms with Gasteiger partial charge in [0.25, 0.3) is 0 Å². The molecule has 3 aliphatic rings. The van der Waals surface area contributed by atoms with Crippen LogP contribution >= 0.6 is 11.8 Å². The molecule has 8 atom stereocenters. The number of thioether (sulfide) groups is 1. The average Bonchev–Trinajstić information content (AvgIpc) is 2.94. The summed E-state index contributed by atoms with van der Waals surface area (Å²) < 4.78 is 5.88. The highest BCUT2D eigenvalue weighted by atomic mass is 32.2. The predicted molar refractivity (Wildman–Crippen MR) is 94.6 cm³/mol. The maximum atomic E-state index is 13.1. The lowest BCUT2D eigenvalue weighted by molar-refractivity contribution is -0.178. The minimum atomic E-state index is -0.424. The van der Waals surface area contributed by atoms with Gasteiger partial charge in [0, 0.05) is 18.4 Å². The van der Waals surface area contributed by atoms with Gasteiger partial charge >= 0.3 is 0 Å². The number of Topliss-reactive ketones (excluding diaryl/α,β-unsaturated/α-hetero) is 1. The number of methoxy groups -OCH3 is 1. The summed E-state index contributed by atoms with van der Waals surface area (Å²) in [6.07, 6.45) is 6.67. The summed E-state index contributed by atoms with van der Waals surface area (Å²) in [6.45, 7) is 6.73. The zero-order chi connectivity index (χ0) is 17.0. The van der Waals surface area contributed by atoms with Gasteiger partial charge in [0.1, 0.15) is 5.78 Å². The Bertz CT molecular complexity index is 481. The molecule has 0 saturated heterocycles. The van der Waals surface area contributed by atoms with Crippen LogP contribution in [0.25, 0.3) is 0 Å². The first-order valence-corrected chi connectivity index (χ1v) is 10.4. The number of carbonyl (C=O) groups is 1. The minimum Gasteiger partial charge on any atom is -0.392 e. The maximum absolute atomic E-state index is 13.1. The Morgan fingerprint density at radius 1 is 1.26 bits per heavy atom. The largest absolute Gasteiger partial charge is 0.392 e. The van der Waals surface area contributed by atoms with E-state index in [0.717, 1.165) is 25.7 Å². The van der Waals surface area contributed by atoms with Gasteiger partial charge in [0.05, 0.1) is 17.5 Å². The molecule has 0 aromatic rings. The van der Waals surface area contributed by atoms with Crippen molar-refractivity contribution in [3.63, 3.8) is 0 Å². The number of hydrogen-bond acceptors (Lipinski definition) is 4. The summed E-state index contributed by atoms with van der Waals surface area (Å²) in [5, 5.41) is 11.1. The van der Waals surface area contributed by atoms with Crippen molar-refractivity contribution in [1.29, 1.82) is 0 Å². The van der Waals surface area contributed by atoms with Crippen LogP contribution in [-0.2, 0) is 9.53 Å². The highest BCUT2D eigenvalue weighted by Gasteiger charge is 2.66. The molecule has 0 aromatic heterocycles. The molecule has 3 saturated carbocycles. The van der Waals surface area contributed by atoms with Crippen molar-refractivity contribution in [2.75, 3.05) is 13.4 Å². The molecule has 23 heavy (non-hydrogen) atoms. The Kier molecular flexibility index (Phi) is 4.66. The molecular formula is C19H32O3S. The Balaban J connectivity index is 2.15. The van der Waals surface area contributed by atoms with E-state index in [9.17, 15) is 9.90 Å². The molecule has 0 amide bonds. The van der Waals surface area contributed by atoms with Gasteiger partial charge in [0.15, 0.2) is 0 Å². The number of rotatable bonds is 2. The number of carbonyl (C=O) groups excluding carboxylic acids is 1. The predicted octanol–water partition coefficient (Wildman–Crippen LogP) is 3.54. The third-order valence-electron chi connectivity index (χ3n) is 8.01. The van der Waals surface area contributed by atoms with Crippen LogP contribution in [0.15, 0.2) is 0 Å². The molecule has 0 radical (unpaired) electrons. The number of aliphatic hydroxyl groups excluding tert-OH is 1. The fourth-order valence-electron chi connectivity index (χ4n) is 6.35. The zero-order valence-electron chi connectivity index (χ0n) is 15.2. The van der Waals surface area contributed by atoms with Crippen molar-refractivity contribution in [1.82, 2.24) is 0 Å². The van der Waals surface area contributed by atoms with Crippen molar-refractivity contribution >= 4 is 17.5 Å². The summed E-state index contributed by atoms with van der Waals surface area (Å²) in [4.78, 5) is 13.1. The third-order valence-corrected chi connectivity index (χ3v) is 9.00. The first-order valence-electron chi connectivity index (χ1n) is 9.10. The summed E-state index contributed by atoms with van der Waals surface area (Å²) in [5.41, 5.74) is -0.132. The smallest absolute Gasteiger partial charge is 0.149 e. The van der Waals surface area contributed by atoms with Crippen LogP contribution in [0.1, 0.15) is 52.9 Å². The summed E-state index contributed by atoms with van der Waals surface area (Å²) in [6, 6.07) is 0. The quantitative estimate of drug-likeness (QED) is 0.835. The summed E-state index contributed by atoms with van der Waals surface area (Å²) in [5.74, 6) is 1.19. The molecule has 132 valence electrons. The normalized spacial score (nSPS) is 53.6. The van der Waals surface area contributed by atoms with E-state index >= 15 is 0 Å². The Hall–Kier alpha value is -0.0600. The molecule has 0 heterocycles. The molecule has 3 fully saturated rings. The highest BCUT2D eigenvalue weighted by molar-refractivity contribution is 7.99. The third kappa shape index (κ3) is 2.27. The van der Waals surface area contributed by atoms with E-state index in [-0.39, 0.29) is 28.1 Å². The molecule has 3 nitrogen and oxygen atoms in total. The minimum absolute atomic E-state index is 0.0222. The fraction of sp³-hybridized carbons (Fsp3) is 0.947. The molecule has 0 spiro atoms. The van der Waals surface area contributed by atoms with Crippen LogP contribution in [-0.4, -0.2) is 41.7 Å². The van der Waals surface area contributed by atoms with Gasteiger partial charge in [-0.05, 0) is 55.6 Å². The van der Waals surface area contributed by atoms with E-state index in [0.29, 0.717) is 24.0 Å². The van der Waals surface area contributed by atoms with E-state index in [4.69, 9.17) is 4.74 Å². The molecular weight excluding hydrogens is 308 g/mol. The molecule has 4 heteroatoms. The second kappa shape index (κ2) is 6.03. The van der Waals surface area contributed by atoms with E-state index in [1.165, 1.54) is 0 Å². The monoisotopic (exact) mass is 340 g/mol.